The molecule has 0 N–H and O–H groups in total. The molecule has 1 aliphatic heterocycles. The first-order valence-electron chi connectivity index (χ1n) is 7.94. The van der Waals surface area contributed by atoms with Crippen LogP contribution in [-0.4, -0.2) is 54.3 Å². The van der Waals surface area contributed by atoms with E-state index >= 15 is 0 Å². The topological polar surface area (TPSA) is 41.7 Å². The van der Waals surface area contributed by atoms with Crippen LogP contribution in [0.15, 0.2) is 39.3 Å². The Kier molecular flexibility index (Phi) is 5.70. The normalized spacial score (nSPS) is 16.6. The van der Waals surface area contributed by atoms with Gasteiger partial charge in [0.2, 0.25) is 0 Å². The molecule has 124 valence electrons. The molecule has 6 heteroatoms. The predicted octanol–water partition coefficient (Wildman–Crippen LogP) is 2.94. The number of benzene rings is 1. The van der Waals surface area contributed by atoms with E-state index in [1.807, 2.05) is 37.3 Å². The Balaban J connectivity index is 1.36. The number of halogens is 1. The summed E-state index contributed by atoms with van der Waals surface area (Å²) in [7, 11) is 0. The highest BCUT2D eigenvalue weighted by atomic mass is 79.9. The SMILES string of the molecule is Cc1cc(CN2CCN(CCOc3cccc(Br)c3)CC2)no1. The second-order valence-electron chi connectivity index (χ2n) is 5.85. The third-order valence-corrected chi connectivity index (χ3v) is 4.49. The average molecular weight is 380 g/mol. The molecule has 23 heavy (non-hydrogen) atoms. The number of hydrogen-bond donors (Lipinski definition) is 0. The van der Waals surface area contributed by atoms with Gasteiger partial charge in [-0.15, -0.1) is 0 Å². The van der Waals surface area contributed by atoms with E-state index in [-0.39, 0.29) is 0 Å². The highest BCUT2D eigenvalue weighted by molar-refractivity contribution is 9.10. The van der Waals surface area contributed by atoms with Gasteiger partial charge in [-0.05, 0) is 25.1 Å². The van der Waals surface area contributed by atoms with Crippen molar-refractivity contribution in [2.24, 2.45) is 0 Å². The molecular weight excluding hydrogens is 358 g/mol. The molecule has 0 unspecified atom stereocenters. The number of ether oxygens (including phenoxy) is 1. The molecule has 0 amide bonds. The highest BCUT2D eigenvalue weighted by Gasteiger charge is 2.17. The Bertz CT molecular complexity index is 624. The number of piperazine rings is 1. The molecule has 0 atom stereocenters. The van der Waals surface area contributed by atoms with Gasteiger partial charge < -0.3 is 9.26 Å². The zero-order valence-electron chi connectivity index (χ0n) is 13.4. The average Bonchev–Trinajstić information content (AvgIpc) is 2.94. The number of aryl methyl sites for hydroxylation is 1. The number of rotatable bonds is 6. The second-order valence-corrected chi connectivity index (χ2v) is 6.77. The van der Waals surface area contributed by atoms with Crippen LogP contribution in [0.2, 0.25) is 0 Å². The summed E-state index contributed by atoms with van der Waals surface area (Å²) < 4.78 is 12.0. The van der Waals surface area contributed by atoms with Gasteiger partial charge in [-0.2, -0.15) is 0 Å². The summed E-state index contributed by atoms with van der Waals surface area (Å²) in [4.78, 5) is 4.87. The molecule has 1 aliphatic rings. The Hall–Kier alpha value is -1.37. The highest BCUT2D eigenvalue weighted by Crippen LogP contribution is 2.17. The van der Waals surface area contributed by atoms with Crippen LogP contribution in [0.5, 0.6) is 5.75 Å². The van der Waals surface area contributed by atoms with E-state index in [1.165, 1.54) is 0 Å². The Morgan fingerprint density at radius 3 is 2.65 bits per heavy atom. The first-order chi connectivity index (χ1) is 11.2. The Labute approximate surface area is 145 Å². The number of hydrogen-bond acceptors (Lipinski definition) is 5. The first kappa shape index (κ1) is 16.5. The fraction of sp³-hybridized carbons (Fsp3) is 0.471. The lowest BCUT2D eigenvalue weighted by Gasteiger charge is -2.34. The third kappa shape index (κ3) is 5.06. The fourth-order valence-corrected chi connectivity index (χ4v) is 3.12. The molecule has 3 rings (SSSR count). The van der Waals surface area contributed by atoms with Gasteiger partial charge in [0.15, 0.2) is 0 Å². The molecule has 2 heterocycles. The lowest BCUT2D eigenvalue weighted by molar-refractivity contribution is 0.111. The molecule has 0 bridgehead atoms. The Morgan fingerprint density at radius 1 is 1.17 bits per heavy atom. The molecule has 0 radical (unpaired) electrons. The van der Waals surface area contributed by atoms with Gasteiger partial charge in [0.05, 0.1) is 5.69 Å². The lowest BCUT2D eigenvalue weighted by Crippen LogP contribution is -2.47. The van der Waals surface area contributed by atoms with Crippen molar-refractivity contribution in [1.82, 2.24) is 15.0 Å². The predicted molar refractivity (Wildman–Crippen MR) is 92.6 cm³/mol. The van der Waals surface area contributed by atoms with Crippen molar-refractivity contribution in [2.45, 2.75) is 13.5 Å². The number of nitrogens with zero attached hydrogens (tertiary/aromatic N) is 3. The van der Waals surface area contributed by atoms with Crippen molar-refractivity contribution in [3.63, 3.8) is 0 Å². The van der Waals surface area contributed by atoms with Crippen LogP contribution in [0.4, 0.5) is 0 Å². The third-order valence-electron chi connectivity index (χ3n) is 4.00. The van der Waals surface area contributed by atoms with Crippen molar-refractivity contribution >= 4 is 15.9 Å². The zero-order valence-corrected chi connectivity index (χ0v) is 15.0. The van der Waals surface area contributed by atoms with Crippen LogP contribution in [0.3, 0.4) is 0 Å². The van der Waals surface area contributed by atoms with Crippen LogP contribution in [-0.2, 0) is 6.54 Å². The van der Waals surface area contributed by atoms with E-state index in [0.717, 1.165) is 67.6 Å². The largest absolute Gasteiger partial charge is 0.492 e. The lowest BCUT2D eigenvalue weighted by atomic mass is 10.3. The van der Waals surface area contributed by atoms with Crippen LogP contribution in [0.25, 0.3) is 0 Å². The van der Waals surface area contributed by atoms with Crippen molar-refractivity contribution in [3.05, 3.63) is 46.3 Å². The van der Waals surface area contributed by atoms with Crippen molar-refractivity contribution in [2.75, 3.05) is 39.3 Å². The summed E-state index contributed by atoms with van der Waals surface area (Å²) >= 11 is 3.46. The second kappa shape index (κ2) is 7.95. The van der Waals surface area contributed by atoms with E-state index in [4.69, 9.17) is 9.26 Å². The van der Waals surface area contributed by atoms with Gasteiger partial charge in [0.25, 0.3) is 0 Å². The summed E-state index contributed by atoms with van der Waals surface area (Å²) in [5, 5.41) is 4.07. The maximum atomic E-state index is 5.81. The Morgan fingerprint density at radius 2 is 1.96 bits per heavy atom. The molecule has 1 aromatic carbocycles. The molecule has 0 spiro atoms. The van der Waals surface area contributed by atoms with Crippen LogP contribution >= 0.6 is 15.9 Å². The minimum Gasteiger partial charge on any atom is -0.492 e. The van der Waals surface area contributed by atoms with E-state index in [0.29, 0.717) is 0 Å². The molecule has 0 aliphatic carbocycles. The van der Waals surface area contributed by atoms with Gasteiger partial charge in [-0.3, -0.25) is 9.80 Å². The van der Waals surface area contributed by atoms with Crippen LogP contribution in [0, 0.1) is 6.92 Å². The molecule has 1 fully saturated rings. The maximum absolute atomic E-state index is 5.81. The first-order valence-corrected chi connectivity index (χ1v) is 8.73. The fourth-order valence-electron chi connectivity index (χ4n) is 2.74. The minimum atomic E-state index is 0.721. The molecule has 2 aromatic rings. The smallest absolute Gasteiger partial charge is 0.133 e. The monoisotopic (exact) mass is 379 g/mol. The van der Waals surface area contributed by atoms with Crippen molar-refractivity contribution < 1.29 is 9.26 Å². The van der Waals surface area contributed by atoms with Crippen LogP contribution < -0.4 is 4.74 Å². The number of aromatic nitrogens is 1. The van der Waals surface area contributed by atoms with E-state index in [1.54, 1.807) is 0 Å². The standard InChI is InChI=1S/C17H22BrN3O2/c1-14-11-16(19-23-14)13-21-7-5-20(6-8-21)9-10-22-17-4-2-3-15(18)12-17/h2-4,11-12H,5-10,13H2,1H3. The van der Waals surface area contributed by atoms with E-state index in [2.05, 4.69) is 30.9 Å². The van der Waals surface area contributed by atoms with Gasteiger partial charge >= 0.3 is 0 Å². The molecule has 5 nitrogen and oxygen atoms in total. The van der Waals surface area contributed by atoms with E-state index in [9.17, 15) is 0 Å². The molecule has 0 saturated carbocycles. The summed E-state index contributed by atoms with van der Waals surface area (Å²) in [6, 6.07) is 9.99. The molecular formula is C17H22BrN3O2. The summed E-state index contributed by atoms with van der Waals surface area (Å²) in [5.41, 5.74) is 1.02. The van der Waals surface area contributed by atoms with Crippen molar-refractivity contribution in [3.8, 4) is 5.75 Å². The van der Waals surface area contributed by atoms with E-state index < -0.39 is 0 Å². The van der Waals surface area contributed by atoms with Crippen LogP contribution in [0.1, 0.15) is 11.5 Å². The van der Waals surface area contributed by atoms with Gasteiger partial charge in [0.1, 0.15) is 18.1 Å². The van der Waals surface area contributed by atoms with Gasteiger partial charge in [0, 0.05) is 49.8 Å². The quantitative estimate of drug-likeness (QED) is 0.771. The maximum Gasteiger partial charge on any atom is 0.133 e. The summed E-state index contributed by atoms with van der Waals surface area (Å²) in [6.45, 7) is 8.74. The van der Waals surface area contributed by atoms with Gasteiger partial charge in [-0.25, -0.2) is 0 Å². The minimum absolute atomic E-state index is 0.721. The van der Waals surface area contributed by atoms with Crippen molar-refractivity contribution in [1.29, 1.82) is 0 Å². The zero-order chi connectivity index (χ0) is 16.1. The molecule has 1 saturated heterocycles. The summed E-state index contributed by atoms with van der Waals surface area (Å²) in [5.74, 6) is 1.79. The van der Waals surface area contributed by atoms with Gasteiger partial charge in [-0.1, -0.05) is 27.2 Å². The molecule has 1 aromatic heterocycles. The summed E-state index contributed by atoms with van der Waals surface area (Å²) in [6.07, 6.45) is 0.